The third-order valence-electron chi connectivity index (χ3n) is 12.8. The molecule has 0 aromatic carbocycles. The van der Waals surface area contributed by atoms with E-state index in [0.29, 0.717) is 6.42 Å². The quantitative estimate of drug-likeness (QED) is 0.0295. The van der Waals surface area contributed by atoms with E-state index in [4.69, 9.17) is 9.47 Å². The first kappa shape index (κ1) is 57.2. The number of carbonyl (C=O) groups is 1. The Morgan fingerprint density at radius 3 is 1.23 bits per heavy atom. The third kappa shape index (κ3) is 30.3. The van der Waals surface area contributed by atoms with E-state index in [0.717, 1.165) is 38.5 Å². The summed E-state index contributed by atoms with van der Waals surface area (Å²) in [6, 6.07) is -0.985. The number of aliphatic hydroxyl groups excluding tert-OH is 6. The summed E-state index contributed by atoms with van der Waals surface area (Å²) in [5.41, 5.74) is 0. The first-order valence-electron chi connectivity index (χ1n) is 25.8. The van der Waals surface area contributed by atoms with Crippen molar-refractivity contribution >= 4 is 5.91 Å². The normalized spacial score (nSPS) is 21.0. The van der Waals surface area contributed by atoms with Gasteiger partial charge in [0.1, 0.15) is 30.5 Å². The van der Waals surface area contributed by atoms with E-state index in [2.05, 4.69) is 19.2 Å². The maximum atomic E-state index is 13.0. The second-order valence-electron chi connectivity index (χ2n) is 18.5. The van der Waals surface area contributed by atoms with Gasteiger partial charge in [-0.15, -0.1) is 0 Å². The number of amides is 1. The van der Waals surface area contributed by atoms with Crippen LogP contribution in [0.25, 0.3) is 0 Å². The van der Waals surface area contributed by atoms with Crippen molar-refractivity contribution in [2.75, 3.05) is 13.2 Å². The van der Waals surface area contributed by atoms with Crippen LogP contribution in [0.4, 0.5) is 0 Å². The average Bonchev–Trinajstić information content (AvgIpc) is 3.25. The van der Waals surface area contributed by atoms with Gasteiger partial charge in [-0.25, -0.2) is 0 Å². The number of hydrogen-bond donors (Lipinski definition) is 7. The molecule has 1 fully saturated rings. The fraction of sp³-hybridized carbons (Fsp3) is 0.980. The topological polar surface area (TPSA) is 169 Å². The van der Waals surface area contributed by atoms with Crippen molar-refractivity contribution < 1.29 is 44.9 Å². The third-order valence-corrected chi connectivity index (χ3v) is 12.8. The summed E-state index contributed by atoms with van der Waals surface area (Å²) in [6.07, 6.45) is 35.5. The van der Waals surface area contributed by atoms with Crippen LogP contribution in [0.5, 0.6) is 0 Å². The molecule has 60 heavy (non-hydrogen) atoms. The Balaban J connectivity index is 2.26. The molecule has 1 amide bonds. The average molecular weight is 858 g/mol. The van der Waals surface area contributed by atoms with E-state index < -0.39 is 55.6 Å². The minimum atomic E-state index is -1.60. The van der Waals surface area contributed by atoms with E-state index in [1.54, 1.807) is 0 Å². The fourth-order valence-corrected chi connectivity index (χ4v) is 8.61. The molecule has 0 spiro atoms. The van der Waals surface area contributed by atoms with Gasteiger partial charge in [0.05, 0.1) is 25.4 Å². The van der Waals surface area contributed by atoms with Crippen LogP contribution in [-0.4, -0.2) is 98.7 Å². The summed E-state index contributed by atoms with van der Waals surface area (Å²) in [7, 11) is 0. The predicted octanol–water partition coefficient (Wildman–Crippen LogP) is 10.5. The number of ether oxygens (including phenoxy) is 2. The maximum Gasteiger partial charge on any atom is 0.220 e. The largest absolute Gasteiger partial charge is 0.394 e. The van der Waals surface area contributed by atoms with Crippen molar-refractivity contribution in [3.63, 3.8) is 0 Å². The highest BCUT2D eigenvalue weighted by atomic mass is 16.7. The van der Waals surface area contributed by atoms with Crippen LogP contribution in [0.3, 0.4) is 0 Å². The molecule has 1 heterocycles. The molecule has 1 rings (SSSR count). The van der Waals surface area contributed by atoms with Gasteiger partial charge in [-0.05, 0) is 12.8 Å². The Labute approximate surface area is 368 Å². The minimum Gasteiger partial charge on any atom is -0.394 e. The molecule has 10 heteroatoms. The SMILES string of the molecule is CCCCCCCCCCCCCCCCCCCCCCCCCC(=O)NC(CO[C@H]1O[C@H](CO)[C@@H](O)[C@H](O)[C@H]1O)[C@H](O)[C@H](O)CCCCCCCCCCCCCC. The van der Waals surface area contributed by atoms with Crippen molar-refractivity contribution in [2.45, 2.75) is 300 Å². The summed E-state index contributed by atoms with van der Waals surface area (Å²) in [4.78, 5) is 13.0. The van der Waals surface area contributed by atoms with Crippen LogP contribution < -0.4 is 5.32 Å². The molecule has 0 bridgehead atoms. The number of carbonyl (C=O) groups excluding carboxylic acids is 1. The van der Waals surface area contributed by atoms with Gasteiger partial charge in [-0.2, -0.15) is 0 Å². The van der Waals surface area contributed by atoms with Crippen LogP contribution in [0, 0.1) is 0 Å². The van der Waals surface area contributed by atoms with Crippen molar-refractivity contribution in [2.24, 2.45) is 0 Å². The van der Waals surface area contributed by atoms with Gasteiger partial charge < -0.3 is 45.4 Å². The van der Waals surface area contributed by atoms with Crippen LogP contribution in [-0.2, 0) is 14.3 Å². The highest BCUT2D eigenvalue weighted by molar-refractivity contribution is 5.76. The van der Waals surface area contributed by atoms with Gasteiger partial charge in [0.2, 0.25) is 5.91 Å². The Kier molecular flexibility index (Phi) is 39.0. The molecule has 7 N–H and O–H groups in total. The first-order chi connectivity index (χ1) is 29.3. The molecule has 0 aliphatic carbocycles. The number of aliphatic hydroxyl groups is 6. The van der Waals surface area contributed by atoms with E-state index in [-0.39, 0.29) is 18.9 Å². The maximum absolute atomic E-state index is 13.0. The van der Waals surface area contributed by atoms with Gasteiger partial charge in [0.25, 0.3) is 0 Å². The monoisotopic (exact) mass is 858 g/mol. The summed E-state index contributed by atoms with van der Waals surface area (Å²) < 4.78 is 11.2. The summed E-state index contributed by atoms with van der Waals surface area (Å²) in [6.45, 7) is 3.63. The highest BCUT2D eigenvalue weighted by Crippen LogP contribution is 2.23. The second-order valence-corrected chi connectivity index (χ2v) is 18.5. The summed E-state index contributed by atoms with van der Waals surface area (Å²) >= 11 is 0. The molecule has 10 nitrogen and oxygen atoms in total. The smallest absolute Gasteiger partial charge is 0.220 e. The Bertz CT molecular complexity index is 926. The molecular weight excluding hydrogens is 759 g/mol. The minimum absolute atomic E-state index is 0.252. The number of unbranched alkanes of at least 4 members (excludes halogenated alkanes) is 33. The molecule has 358 valence electrons. The van der Waals surface area contributed by atoms with Gasteiger partial charge in [-0.1, -0.05) is 232 Å². The lowest BCUT2D eigenvalue weighted by molar-refractivity contribution is -0.303. The second kappa shape index (κ2) is 40.9. The van der Waals surface area contributed by atoms with Gasteiger partial charge >= 0.3 is 0 Å². The molecule has 0 aromatic heterocycles. The molecule has 1 aliphatic heterocycles. The van der Waals surface area contributed by atoms with E-state index in [9.17, 15) is 35.4 Å². The lowest BCUT2D eigenvalue weighted by Gasteiger charge is -2.40. The number of nitrogens with one attached hydrogen (secondary N) is 1. The van der Waals surface area contributed by atoms with Gasteiger partial charge in [0, 0.05) is 6.42 Å². The fourth-order valence-electron chi connectivity index (χ4n) is 8.61. The van der Waals surface area contributed by atoms with Crippen molar-refractivity contribution in [1.82, 2.24) is 5.32 Å². The molecule has 1 unspecified atom stereocenters. The van der Waals surface area contributed by atoms with Gasteiger partial charge in [0.15, 0.2) is 6.29 Å². The van der Waals surface area contributed by atoms with Crippen molar-refractivity contribution in [3.8, 4) is 0 Å². The Morgan fingerprint density at radius 2 is 0.867 bits per heavy atom. The molecule has 0 radical (unpaired) electrons. The van der Waals surface area contributed by atoms with Crippen LogP contribution in [0.2, 0.25) is 0 Å². The lowest BCUT2D eigenvalue weighted by atomic mass is 9.98. The van der Waals surface area contributed by atoms with Gasteiger partial charge in [-0.3, -0.25) is 4.79 Å². The molecule has 8 atom stereocenters. The van der Waals surface area contributed by atoms with E-state index >= 15 is 0 Å². The number of hydrogen-bond acceptors (Lipinski definition) is 9. The lowest BCUT2D eigenvalue weighted by Crippen LogP contribution is -2.60. The van der Waals surface area contributed by atoms with Crippen LogP contribution >= 0.6 is 0 Å². The standard InChI is InChI=1S/C50H99NO9/c1-3-5-7-9-11-13-15-17-18-19-20-21-22-23-24-25-26-27-29-31-33-35-37-39-45(54)51-42(41-59-50-49(58)48(57)47(56)44(40-52)60-50)46(55)43(53)38-36-34-32-30-28-16-14-12-10-8-6-4-2/h42-44,46-50,52-53,55-58H,3-41H2,1-2H3,(H,51,54)/t42?,43-,44-,46+,47-,48+,49-,50+/m1/s1. The zero-order valence-electron chi connectivity index (χ0n) is 39.1. The van der Waals surface area contributed by atoms with Crippen LogP contribution in [0.15, 0.2) is 0 Å². The molecule has 0 aromatic rings. The summed E-state index contributed by atoms with van der Waals surface area (Å²) in [5, 5.41) is 65.3. The zero-order valence-corrected chi connectivity index (χ0v) is 39.1. The van der Waals surface area contributed by atoms with Crippen molar-refractivity contribution in [3.05, 3.63) is 0 Å². The molecule has 1 saturated heterocycles. The highest BCUT2D eigenvalue weighted by Gasteiger charge is 2.44. The van der Waals surface area contributed by atoms with Crippen LogP contribution in [0.1, 0.15) is 251 Å². The first-order valence-corrected chi connectivity index (χ1v) is 25.8. The molecular formula is C50H99NO9. The Hall–Kier alpha value is -0.850. The molecule has 1 aliphatic rings. The summed E-state index contributed by atoms with van der Waals surface area (Å²) in [5.74, 6) is -0.252. The Morgan fingerprint density at radius 1 is 0.517 bits per heavy atom. The zero-order chi connectivity index (χ0) is 43.9. The number of rotatable bonds is 44. The molecule has 0 saturated carbocycles. The van der Waals surface area contributed by atoms with E-state index in [1.807, 2.05) is 0 Å². The van der Waals surface area contributed by atoms with Crippen molar-refractivity contribution in [1.29, 1.82) is 0 Å². The predicted molar refractivity (Wildman–Crippen MR) is 246 cm³/mol. The van der Waals surface area contributed by atoms with E-state index in [1.165, 1.54) is 186 Å².